The number of carbonyl (C=O) groups excluding carboxylic acids is 1. The average Bonchev–Trinajstić information content (AvgIpc) is 2.27. The van der Waals surface area contributed by atoms with Crippen molar-refractivity contribution in [2.75, 3.05) is 17.2 Å². The molecule has 0 aromatic carbocycles. The van der Waals surface area contributed by atoms with Gasteiger partial charge in [-0.05, 0) is 35.2 Å². The second kappa shape index (κ2) is 4.87. The normalized spacial score (nSPS) is 20.3. The van der Waals surface area contributed by atoms with Gasteiger partial charge in [-0.15, -0.1) is 0 Å². The van der Waals surface area contributed by atoms with E-state index in [2.05, 4.69) is 25.9 Å². The van der Waals surface area contributed by atoms with E-state index in [9.17, 15) is 4.79 Å². The van der Waals surface area contributed by atoms with Gasteiger partial charge in [0.2, 0.25) is 11.9 Å². The van der Waals surface area contributed by atoms with Gasteiger partial charge in [0.25, 0.3) is 0 Å². The van der Waals surface area contributed by atoms with Crippen LogP contribution in [0.4, 0.5) is 11.8 Å². The Morgan fingerprint density at radius 1 is 1.47 bits per heavy atom. The molecule has 1 aromatic heterocycles. The first-order valence-electron chi connectivity index (χ1n) is 5.44. The Balaban J connectivity index is 2.32. The van der Waals surface area contributed by atoms with Crippen molar-refractivity contribution >= 4 is 33.6 Å². The second-order valence-corrected chi connectivity index (χ2v) is 4.84. The van der Waals surface area contributed by atoms with Gasteiger partial charge in [0, 0.05) is 12.6 Å². The summed E-state index contributed by atoms with van der Waals surface area (Å²) in [6.07, 6.45) is 2.73. The summed E-state index contributed by atoms with van der Waals surface area (Å²) in [6, 6.07) is 1.28. The van der Waals surface area contributed by atoms with E-state index >= 15 is 0 Å². The molecule has 0 radical (unpaired) electrons. The SMILES string of the molecule is NC(=O)C1CCCCN1c1nc(N)cc(Br)n1. The van der Waals surface area contributed by atoms with E-state index in [1.54, 1.807) is 6.07 Å². The Morgan fingerprint density at radius 3 is 2.88 bits per heavy atom. The van der Waals surface area contributed by atoms with Crippen LogP contribution in [0.2, 0.25) is 0 Å². The number of amides is 1. The number of rotatable bonds is 2. The number of carbonyl (C=O) groups is 1. The fourth-order valence-corrected chi connectivity index (χ4v) is 2.41. The first kappa shape index (κ1) is 12.1. The Hall–Kier alpha value is -1.37. The van der Waals surface area contributed by atoms with E-state index < -0.39 is 0 Å². The molecule has 1 unspecified atom stereocenters. The highest BCUT2D eigenvalue weighted by molar-refractivity contribution is 9.10. The molecule has 1 amide bonds. The molecular formula is C10H14BrN5O. The average molecular weight is 300 g/mol. The lowest BCUT2D eigenvalue weighted by Gasteiger charge is -2.33. The summed E-state index contributed by atoms with van der Waals surface area (Å²) in [7, 11) is 0. The summed E-state index contributed by atoms with van der Waals surface area (Å²) in [4.78, 5) is 21.6. The van der Waals surface area contributed by atoms with E-state index in [0.29, 0.717) is 16.4 Å². The van der Waals surface area contributed by atoms with Crippen LogP contribution in [-0.2, 0) is 4.79 Å². The van der Waals surface area contributed by atoms with Crippen LogP contribution >= 0.6 is 15.9 Å². The van der Waals surface area contributed by atoms with Gasteiger partial charge in [0.1, 0.15) is 16.5 Å². The van der Waals surface area contributed by atoms with Crippen LogP contribution < -0.4 is 16.4 Å². The quantitative estimate of drug-likeness (QED) is 0.782. The van der Waals surface area contributed by atoms with Gasteiger partial charge in [0.05, 0.1) is 0 Å². The smallest absolute Gasteiger partial charge is 0.240 e. The molecule has 2 heterocycles. The fraction of sp³-hybridized carbons (Fsp3) is 0.500. The van der Waals surface area contributed by atoms with Crippen molar-refractivity contribution in [1.82, 2.24) is 9.97 Å². The number of nitrogen functional groups attached to an aromatic ring is 1. The van der Waals surface area contributed by atoms with E-state index in [-0.39, 0.29) is 11.9 Å². The molecule has 1 aromatic rings. The first-order valence-corrected chi connectivity index (χ1v) is 6.23. The zero-order valence-electron chi connectivity index (χ0n) is 9.27. The third kappa shape index (κ3) is 2.66. The van der Waals surface area contributed by atoms with Crippen molar-refractivity contribution in [1.29, 1.82) is 0 Å². The number of hydrogen-bond donors (Lipinski definition) is 2. The van der Waals surface area contributed by atoms with Gasteiger partial charge in [-0.2, -0.15) is 4.98 Å². The van der Waals surface area contributed by atoms with Crippen LogP contribution in [0, 0.1) is 0 Å². The maximum Gasteiger partial charge on any atom is 0.240 e. The van der Waals surface area contributed by atoms with E-state index in [1.165, 1.54) is 0 Å². The lowest BCUT2D eigenvalue weighted by molar-refractivity contribution is -0.119. The number of nitrogens with two attached hydrogens (primary N) is 2. The minimum Gasteiger partial charge on any atom is -0.383 e. The maximum atomic E-state index is 11.4. The molecule has 2 rings (SSSR count). The van der Waals surface area contributed by atoms with Crippen LogP contribution in [0.5, 0.6) is 0 Å². The van der Waals surface area contributed by atoms with Crippen molar-refractivity contribution in [3.8, 4) is 0 Å². The van der Waals surface area contributed by atoms with Crippen LogP contribution in [0.1, 0.15) is 19.3 Å². The van der Waals surface area contributed by atoms with Gasteiger partial charge in [-0.1, -0.05) is 0 Å². The van der Waals surface area contributed by atoms with Crippen molar-refractivity contribution in [2.24, 2.45) is 5.73 Å². The second-order valence-electron chi connectivity index (χ2n) is 4.02. The lowest BCUT2D eigenvalue weighted by atomic mass is 10.0. The summed E-state index contributed by atoms with van der Waals surface area (Å²) in [5, 5.41) is 0. The maximum absolute atomic E-state index is 11.4. The number of nitrogens with zero attached hydrogens (tertiary/aromatic N) is 3. The summed E-state index contributed by atoms with van der Waals surface area (Å²) in [5.74, 6) is 0.489. The van der Waals surface area contributed by atoms with Gasteiger partial charge < -0.3 is 16.4 Å². The molecule has 4 N–H and O–H groups in total. The van der Waals surface area contributed by atoms with Gasteiger partial charge in [-0.3, -0.25) is 4.79 Å². The van der Waals surface area contributed by atoms with Crippen LogP contribution in [0.25, 0.3) is 0 Å². The predicted octanol–water partition coefficient (Wildman–Crippen LogP) is 0.665. The minimum absolute atomic E-state index is 0.336. The van der Waals surface area contributed by atoms with Crippen molar-refractivity contribution in [3.05, 3.63) is 10.7 Å². The zero-order chi connectivity index (χ0) is 12.4. The molecule has 0 aliphatic carbocycles. The molecule has 17 heavy (non-hydrogen) atoms. The summed E-state index contributed by atoms with van der Waals surface area (Å²) < 4.78 is 0.605. The molecule has 1 aliphatic heterocycles. The summed E-state index contributed by atoms with van der Waals surface area (Å²) in [6.45, 7) is 0.726. The standard InChI is InChI=1S/C10H14BrN5O/c11-7-5-8(12)15-10(14-7)16-4-2-1-3-6(16)9(13)17/h5-6H,1-4H2,(H2,13,17)(H2,12,14,15). The van der Waals surface area contributed by atoms with E-state index in [0.717, 1.165) is 25.8 Å². The Labute approximate surface area is 108 Å². The Morgan fingerprint density at radius 2 is 2.24 bits per heavy atom. The number of anilines is 2. The third-order valence-corrected chi connectivity index (χ3v) is 3.20. The van der Waals surface area contributed by atoms with Crippen molar-refractivity contribution < 1.29 is 4.79 Å². The molecular weight excluding hydrogens is 286 g/mol. The molecule has 92 valence electrons. The number of piperidine rings is 1. The molecule has 0 saturated carbocycles. The van der Waals surface area contributed by atoms with Gasteiger partial charge in [-0.25, -0.2) is 4.98 Å². The highest BCUT2D eigenvalue weighted by Crippen LogP contribution is 2.23. The third-order valence-electron chi connectivity index (χ3n) is 2.79. The highest BCUT2D eigenvalue weighted by Gasteiger charge is 2.29. The van der Waals surface area contributed by atoms with Crippen molar-refractivity contribution in [3.63, 3.8) is 0 Å². The fourth-order valence-electron chi connectivity index (χ4n) is 2.02. The number of halogens is 1. The number of hydrogen-bond acceptors (Lipinski definition) is 5. The van der Waals surface area contributed by atoms with E-state index in [4.69, 9.17) is 11.5 Å². The minimum atomic E-state index is -0.341. The highest BCUT2D eigenvalue weighted by atomic mass is 79.9. The van der Waals surface area contributed by atoms with Gasteiger partial charge >= 0.3 is 0 Å². The predicted molar refractivity (Wildman–Crippen MR) is 68.3 cm³/mol. The number of aromatic nitrogens is 2. The zero-order valence-corrected chi connectivity index (χ0v) is 10.9. The monoisotopic (exact) mass is 299 g/mol. The Kier molecular flexibility index (Phi) is 3.46. The van der Waals surface area contributed by atoms with Crippen LogP contribution in [0.15, 0.2) is 10.7 Å². The largest absolute Gasteiger partial charge is 0.383 e. The van der Waals surface area contributed by atoms with E-state index in [1.807, 2.05) is 4.90 Å². The first-order chi connectivity index (χ1) is 8.08. The van der Waals surface area contributed by atoms with Crippen LogP contribution in [-0.4, -0.2) is 28.5 Å². The summed E-state index contributed by atoms with van der Waals surface area (Å²) in [5.41, 5.74) is 11.1. The molecule has 1 atom stereocenters. The molecule has 7 heteroatoms. The molecule has 1 aliphatic rings. The lowest BCUT2D eigenvalue weighted by Crippen LogP contribution is -2.48. The molecule has 1 fully saturated rings. The number of primary amides is 1. The molecule has 0 bridgehead atoms. The molecule has 1 saturated heterocycles. The summed E-state index contributed by atoms with van der Waals surface area (Å²) >= 11 is 3.26. The van der Waals surface area contributed by atoms with Gasteiger partial charge in [0.15, 0.2) is 0 Å². The molecule has 6 nitrogen and oxygen atoms in total. The molecule has 0 spiro atoms. The Bertz CT molecular complexity index is 418. The topological polar surface area (TPSA) is 98.1 Å². The van der Waals surface area contributed by atoms with Crippen LogP contribution in [0.3, 0.4) is 0 Å². The van der Waals surface area contributed by atoms with Crippen molar-refractivity contribution in [2.45, 2.75) is 25.3 Å².